The van der Waals surface area contributed by atoms with Gasteiger partial charge in [-0.15, -0.1) is 6.42 Å². The van der Waals surface area contributed by atoms with Gasteiger partial charge >= 0.3 is 5.97 Å². The second-order valence-electron chi connectivity index (χ2n) is 6.01. The van der Waals surface area contributed by atoms with E-state index in [0.717, 1.165) is 11.6 Å². The lowest BCUT2D eigenvalue weighted by molar-refractivity contribution is -0.132. The highest BCUT2D eigenvalue weighted by Gasteiger charge is 2.22. The first-order chi connectivity index (χ1) is 13.5. The third-order valence-electron chi connectivity index (χ3n) is 4.20. The number of hydrogen-bond donors (Lipinski definition) is 2. The molecule has 1 aromatic heterocycles. The Labute approximate surface area is 162 Å². The van der Waals surface area contributed by atoms with Crippen LogP contribution in [0.25, 0.3) is 16.5 Å². The Kier molecular flexibility index (Phi) is 5.44. The number of aromatic nitrogens is 1. The number of allylic oxidation sites excluding steroid dienone is 2. The lowest BCUT2D eigenvalue weighted by Gasteiger charge is -2.12. The van der Waals surface area contributed by atoms with Gasteiger partial charge in [0.05, 0.1) is 11.1 Å². The van der Waals surface area contributed by atoms with Gasteiger partial charge in [0.15, 0.2) is 5.82 Å². The predicted octanol–water partition coefficient (Wildman–Crippen LogP) is 4.78. The van der Waals surface area contributed by atoms with Crippen molar-refractivity contribution in [1.82, 2.24) is 4.98 Å². The standard InChI is InChI=1S/C24H16FNO2/c1-3-7-20(24(27)28)21(16(2)10-11-17-8-5-4-6-9-17)19-13-12-18-14-15-26-23(18)22(19)25/h1,4-9,12-15,26H,2H3,(H,27,28)/b20-7+,21-16+. The van der Waals surface area contributed by atoms with Crippen molar-refractivity contribution in [2.75, 3.05) is 0 Å². The fraction of sp³-hybridized carbons (Fsp3) is 0.0417. The van der Waals surface area contributed by atoms with Crippen LogP contribution in [0, 0.1) is 30.0 Å². The molecule has 0 atom stereocenters. The van der Waals surface area contributed by atoms with Crippen molar-refractivity contribution in [2.24, 2.45) is 0 Å². The fourth-order valence-corrected chi connectivity index (χ4v) is 2.91. The second-order valence-corrected chi connectivity index (χ2v) is 6.01. The summed E-state index contributed by atoms with van der Waals surface area (Å²) >= 11 is 0. The van der Waals surface area contributed by atoms with Gasteiger partial charge < -0.3 is 10.1 Å². The molecular weight excluding hydrogens is 353 g/mol. The first-order valence-electron chi connectivity index (χ1n) is 8.46. The second kappa shape index (κ2) is 8.12. The van der Waals surface area contributed by atoms with E-state index >= 15 is 4.39 Å². The molecule has 0 fully saturated rings. The Morgan fingerprint density at radius 3 is 2.61 bits per heavy atom. The summed E-state index contributed by atoms with van der Waals surface area (Å²) in [6, 6.07) is 14.2. The van der Waals surface area contributed by atoms with Gasteiger partial charge in [0.2, 0.25) is 0 Å². The zero-order valence-corrected chi connectivity index (χ0v) is 15.1. The molecular formula is C24H16FNO2. The highest BCUT2D eigenvalue weighted by Crippen LogP contribution is 2.32. The highest BCUT2D eigenvalue weighted by molar-refractivity contribution is 6.08. The van der Waals surface area contributed by atoms with Crippen LogP contribution in [0.2, 0.25) is 0 Å². The molecule has 0 saturated heterocycles. The number of aromatic amines is 1. The molecule has 0 aliphatic rings. The molecule has 0 bridgehead atoms. The lowest BCUT2D eigenvalue weighted by Crippen LogP contribution is -2.06. The van der Waals surface area contributed by atoms with E-state index in [1.807, 2.05) is 30.3 Å². The van der Waals surface area contributed by atoms with Crippen molar-refractivity contribution >= 4 is 22.4 Å². The number of rotatable bonds is 3. The Morgan fingerprint density at radius 2 is 1.93 bits per heavy atom. The van der Waals surface area contributed by atoms with Crippen LogP contribution in [-0.4, -0.2) is 16.1 Å². The molecule has 2 aromatic carbocycles. The Morgan fingerprint density at radius 1 is 1.18 bits per heavy atom. The molecule has 0 aliphatic carbocycles. The van der Waals surface area contributed by atoms with E-state index < -0.39 is 11.8 Å². The van der Waals surface area contributed by atoms with E-state index in [1.54, 1.807) is 31.3 Å². The van der Waals surface area contributed by atoms with Gasteiger partial charge in [-0.25, -0.2) is 9.18 Å². The number of hydrogen-bond acceptors (Lipinski definition) is 1. The molecule has 0 saturated carbocycles. The molecule has 3 rings (SSSR count). The number of aliphatic carboxylic acids is 1. The molecule has 0 aliphatic heterocycles. The number of H-pyrrole nitrogens is 1. The van der Waals surface area contributed by atoms with Crippen LogP contribution in [0.1, 0.15) is 18.1 Å². The molecule has 1 heterocycles. The van der Waals surface area contributed by atoms with E-state index in [-0.39, 0.29) is 16.7 Å². The SMILES string of the molecule is C#C/C=C(C(=O)O)\C(=C(/C)C#Cc1ccccc1)c1ccc2cc[nH]c2c1F. The van der Waals surface area contributed by atoms with Crippen LogP contribution in [0.5, 0.6) is 0 Å². The highest BCUT2D eigenvalue weighted by atomic mass is 19.1. The third kappa shape index (κ3) is 3.72. The van der Waals surface area contributed by atoms with E-state index in [2.05, 4.69) is 22.7 Å². The van der Waals surface area contributed by atoms with Gasteiger partial charge in [-0.3, -0.25) is 0 Å². The third-order valence-corrected chi connectivity index (χ3v) is 4.20. The normalized spacial score (nSPS) is 12.0. The van der Waals surface area contributed by atoms with Crippen LogP contribution in [-0.2, 0) is 4.79 Å². The maximum absolute atomic E-state index is 15.2. The topological polar surface area (TPSA) is 53.1 Å². The van der Waals surface area contributed by atoms with Gasteiger partial charge in [0.25, 0.3) is 0 Å². The minimum absolute atomic E-state index is 0.124. The molecule has 28 heavy (non-hydrogen) atoms. The van der Waals surface area contributed by atoms with Crippen LogP contribution >= 0.6 is 0 Å². The molecule has 3 aromatic rings. The summed E-state index contributed by atoms with van der Waals surface area (Å²) in [6.07, 6.45) is 8.05. The number of fused-ring (bicyclic) bond motifs is 1. The molecule has 0 unspecified atom stereocenters. The average Bonchev–Trinajstić information content (AvgIpc) is 3.18. The molecule has 136 valence electrons. The van der Waals surface area contributed by atoms with Gasteiger partial charge in [-0.1, -0.05) is 48.1 Å². The zero-order valence-electron chi connectivity index (χ0n) is 15.1. The summed E-state index contributed by atoms with van der Waals surface area (Å²) in [5.74, 6) is 6.33. The van der Waals surface area contributed by atoms with Gasteiger partial charge in [0, 0.05) is 39.9 Å². The first kappa shape index (κ1) is 18.8. The number of nitrogens with one attached hydrogen (secondary N) is 1. The van der Waals surface area contributed by atoms with E-state index in [9.17, 15) is 9.90 Å². The number of halogens is 1. The summed E-state index contributed by atoms with van der Waals surface area (Å²) in [6.45, 7) is 1.65. The lowest BCUT2D eigenvalue weighted by atomic mass is 9.92. The fourth-order valence-electron chi connectivity index (χ4n) is 2.91. The van der Waals surface area contributed by atoms with E-state index in [4.69, 9.17) is 6.42 Å². The summed E-state index contributed by atoms with van der Waals surface area (Å²) in [5, 5.41) is 10.3. The number of benzene rings is 2. The predicted molar refractivity (Wildman–Crippen MR) is 109 cm³/mol. The van der Waals surface area contributed by atoms with Crippen LogP contribution in [0.15, 0.2) is 72.0 Å². The molecule has 0 spiro atoms. The maximum atomic E-state index is 15.2. The molecule has 0 amide bonds. The van der Waals surface area contributed by atoms with E-state index in [1.165, 1.54) is 0 Å². The van der Waals surface area contributed by atoms with E-state index in [0.29, 0.717) is 16.5 Å². The van der Waals surface area contributed by atoms with Crippen LogP contribution < -0.4 is 0 Å². The van der Waals surface area contributed by atoms with Crippen molar-refractivity contribution in [3.8, 4) is 24.2 Å². The summed E-state index contributed by atoms with van der Waals surface area (Å²) in [5.41, 5.74) is 1.55. The quantitative estimate of drug-likeness (QED) is 0.397. The number of carboxylic acids is 1. The van der Waals surface area contributed by atoms with Gasteiger partial charge in [0.1, 0.15) is 0 Å². The number of carboxylic acid groups (broad SMARTS) is 1. The molecule has 4 heteroatoms. The van der Waals surface area contributed by atoms with Gasteiger partial charge in [-0.05, 0) is 25.1 Å². The summed E-state index contributed by atoms with van der Waals surface area (Å²) in [4.78, 5) is 14.7. The van der Waals surface area contributed by atoms with Crippen molar-refractivity contribution < 1.29 is 14.3 Å². The Balaban J connectivity index is 2.27. The van der Waals surface area contributed by atoms with Crippen LogP contribution in [0.4, 0.5) is 4.39 Å². The summed E-state index contributed by atoms with van der Waals surface area (Å²) in [7, 11) is 0. The van der Waals surface area contributed by atoms with Crippen LogP contribution in [0.3, 0.4) is 0 Å². The minimum atomic E-state index is -1.25. The van der Waals surface area contributed by atoms with Crippen molar-refractivity contribution in [3.63, 3.8) is 0 Å². The van der Waals surface area contributed by atoms with Crippen molar-refractivity contribution in [2.45, 2.75) is 6.92 Å². The average molecular weight is 369 g/mol. The Hall–Kier alpha value is -4.02. The largest absolute Gasteiger partial charge is 0.478 e. The van der Waals surface area contributed by atoms with Crippen molar-refractivity contribution in [3.05, 3.63) is 88.9 Å². The van der Waals surface area contributed by atoms with Gasteiger partial charge in [-0.2, -0.15) is 0 Å². The zero-order chi connectivity index (χ0) is 20.1. The van der Waals surface area contributed by atoms with Crippen molar-refractivity contribution in [1.29, 1.82) is 0 Å². The molecule has 0 radical (unpaired) electrons. The Bertz CT molecular complexity index is 1210. The minimum Gasteiger partial charge on any atom is -0.478 e. The number of terminal acetylenes is 1. The summed E-state index contributed by atoms with van der Waals surface area (Å²) < 4.78 is 15.2. The number of carbonyl (C=O) groups is 1. The monoisotopic (exact) mass is 369 g/mol. The molecule has 3 nitrogen and oxygen atoms in total. The smallest absolute Gasteiger partial charge is 0.337 e. The molecule has 2 N–H and O–H groups in total. The maximum Gasteiger partial charge on any atom is 0.337 e. The first-order valence-corrected chi connectivity index (χ1v) is 8.46.